The highest BCUT2D eigenvalue weighted by atomic mass is 79.9. The molecule has 0 bridgehead atoms. The van der Waals surface area contributed by atoms with Gasteiger partial charge in [0, 0.05) is 10.2 Å². The molecule has 88 valence electrons. The Hall–Kier alpha value is -0.540. The highest BCUT2D eigenvalue weighted by Crippen LogP contribution is 2.29. The largest absolute Gasteiger partial charge is 0.391 e. The monoisotopic (exact) mass is 283 g/mol. The number of halogens is 1. The first-order valence-electron chi connectivity index (χ1n) is 5.88. The minimum absolute atomic E-state index is 0.201. The minimum Gasteiger partial charge on any atom is -0.391 e. The van der Waals surface area contributed by atoms with E-state index in [9.17, 15) is 5.11 Å². The summed E-state index contributed by atoms with van der Waals surface area (Å²) < 4.78 is 1.10. The van der Waals surface area contributed by atoms with Gasteiger partial charge in [-0.3, -0.25) is 0 Å². The van der Waals surface area contributed by atoms with Gasteiger partial charge in [0.2, 0.25) is 0 Å². The molecule has 0 radical (unpaired) electrons. The molecule has 0 saturated heterocycles. The SMILES string of the molecule is Cc1cccc(N[C@H]2CCCC[C@@H]2O)c1Br. The summed E-state index contributed by atoms with van der Waals surface area (Å²) in [5, 5.41) is 13.4. The number of aliphatic hydroxyl groups excluding tert-OH is 1. The van der Waals surface area contributed by atoms with Crippen molar-refractivity contribution in [3.63, 3.8) is 0 Å². The molecule has 0 amide bonds. The molecule has 16 heavy (non-hydrogen) atoms. The van der Waals surface area contributed by atoms with Crippen molar-refractivity contribution in [3.8, 4) is 0 Å². The topological polar surface area (TPSA) is 32.3 Å². The van der Waals surface area contributed by atoms with Crippen LogP contribution in [0.4, 0.5) is 5.69 Å². The number of nitrogens with one attached hydrogen (secondary N) is 1. The molecule has 1 aliphatic rings. The lowest BCUT2D eigenvalue weighted by atomic mass is 9.92. The first-order chi connectivity index (χ1) is 7.68. The lowest BCUT2D eigenvalue weighted by Crippen LogP contribution is -2.36. The van der Waals surface area contributed by atoms with Crippen molar-refractivity contribution in [3.05, 3.63) is 28.2 Å². The van der Waals surface area contributed by atoms with Gasteiger partial charge in [-0.2, -0.15) is 0 Å². The number of hydrogen-bond donors (Lipinski definition) is 2. The number of benzene rings is 1. The third-order valence-electron chi connectivity index (χ3n) is 3.26. The third kappa shape index (κ3) is 2.58. The van der Waals surface area contributed by atoms with Gasteiger partial charge >= 0.3 is 0 Å². The van der Waals surface area contributed by atoms with Crippen LogP contribution in [0.2, 0.25) is 0 Å². The Morgan fingerprint density at radius 3 is 2.81 bits per heavy atom. The molecule has 2 N–H and O–H groups in total. The zero-order valence-electron chi connectivity index (χ0n) is 9.54. The summed E-state index contributed by atoms with van der Waals surface area (Å²) in [6.07, 6.45) is 4.12. The van der Waals surface area contributed by atoms with Crippen LogP contribution in [0.3, 0.4) is 0 Å². The fourth-order valence-corrected chi connectivity index (χ4v) is 2.62. The number of hydrogen-bond acceptors (Lipinski definition) is 2. The Bertz CT molecular complexity index is 367. The molecule has 0 heterocycles. The Labute approximate surface area is 105 Å². The first-order valence-corrected chi connectivity index (χ1v) is 6.67. The molecular weight excluding hydrogens is 266 g/mol. The van der Waals surface area contributed by atoms with Gasteiger partial charge in [0.05, 0.1) is 12.1 Å². The van der Waals surface area contributed by atoms with E-state index < -0.39 is 0 Å². The fourth-order valence-electron chi connectivity index (χ4n) is 2.24. The second-order valence-corrected chi connectivity index (χ2v) is 5.33. The van der Waals surface area contributed by atoms with E-state index in [1.54, 1.807) is 0 Å². The van der Waals surface area contributed by atoms with E-state index in [0.717, 1.165) is 29.4 Å². The van der Waals surface area contributed by atoms with Crippen LogP contribution < -0.4 is 5.32 Å². The van der Waals surface area contributed by atoms with Crippen LogP contribution in [-0.2, 0) is 0 Å². The van der Waals surface area contributed by atoms with Crippen LogP contribution in [0, 0.1) is 6.92 Å². The summed E-state index contributed by atoms with van der Waals surface area (Å²) in [6, 6.07) is 6.37. The molecule has 0 spiro atoms. The van der Waals surface area contributed by atoms with Gasteiger partial charge in [-0.1, -0.05) is 25.0 Å². The molecule has 2 nitrogen and oxygen atoms in total. The molecule has 2 rings (SSSR count). The summed E-state index contributed by atoms with van der Waals surface area (Å²) in [7, 11) is 0. The zero-order valence-corrected chi connectivity index (χ0v) is 11.1. The normalized spacial score (nSPS) is 25.4. The third-order valence-corrected chi connectivity index (χ3v) is 4.31. The van der Waals surface area contributed by atoms with E-state index in [4.69, 9.17) is 0 Å². The predicted octanol–water partition coefficient (Wildman–Crippen LogP) is 3.47. The smallest absolute Gasteiger partial charge is 0.0741 e. The average molecular weight is 284 g/mol. The molecule has 3 heteroatoms. The second kappa shape index (κ2) is 5.19. The Kier molecular flexibility index (Phi) is 3.87. The molecule has 1 aromatic carbocycles. The summed E-state index contributed by atoms with van der Waals surface area (Å²) in [6.45, 7) is 2.08. The van der Waals surface area contributed by atoms with Crippen molar-refractivity contribution in [2.24, 2.45) is 0 Å². The van der Waals surface area contributed by atoms with Gasteiger partial charge in [0.1, 0.15) is 0 Å². The van der Waals surface area contributed by atoms with E-state index in [-0.39, 0.29) is 12.1 Å². The van der Waals surface area contributed by atoms with E-state index in [1.807, 2.05) is 6.07 Å². The van der Waals surface area contributed by atoms with Crippen molar-refractivity contribution in [2.75, 3.05) is 5.32 Å². The number of rotatable bonds is 2. The Morgan fingerprint density at radius 1 is 1.31 bits per heavy atom. The molecule has 0 aromatic heterocycles. The van der Waals surface area contributed by atoms with Gasteiger partial charge in [0.15, 0.2) is 0 Å². The van der Waals surface area contributed by atoms with Crippen molar-refractivity contribution < 1.29 is 5.11 Å². The Balaban J connectivity index is 2.10. The van der Waals surface area contributed by atoms with E-state index in [2.05, 4.69) is 40.3 Å². The van der Waals surface area contributed by atoms with Gasteiger partial charge in [-0.25, -0.2) is 0 Å². The maximum atomic E-state index is 9.91. The van der Waals surface area contributed by atoms with Crippen molar-refractivity contribution in [1.29, 1.82) is 0 Å². The van der Waals surface area contributed by atoms with Crippen molar-refractivity contribution >= 4 is 21.6 Å². The molecule has 1 aromatic rings. The summed E-state index contributed by atoms with van der Waals surface area (Å²) in [4.78, 5) is 0. The molecule has 0 aliphatic heterocycles. The van der Waals surface area contributed by atoms with Crippen molar-refractivity contribution in [2.45, 2.75) is 44.8 Å². The highest BCUT2D eigenvalue weighted by Gasteiger charge is 2.23. The lowest BCUT2D eigenvalue weighted by Gasteiger charge is -2.29. The Morgan fingerprint density at radius 2 is 2.06 bits per heavy atom. The fraction of sp³-hybridized carbons (Fsp3) is 0.538. The van der Waals surface area contributed by atoms with Gasteiger partial charge in [-0.15, -0.1) is 0 Å². The van der Waals surface area contributed by atoms with Crippen LogP contribution >= 0.6 is 15.9 Å². The second-order valence-electron chi connectivity index (χ2n) is 4.54. The van der Waals surface area contributed by atoms with Crippen LogP contribution in [0.5, 0.6) is 0 Å². The van der Waals surface area contributed by atoms with Crippen LogP contribution in [0.25, 0.3) is 0 Å². The zero-order chi connectivity index (χ0) is 11.5. The van der Waals surface area contributed by atoms with E-state index in [0.29, 0.717) is 0 Å². The molecule has 2 atom stereocenters. The quantitative estimate of drug-likeness (QED) is 0.871. The number of anilines is 1. The standard InChI is InChI=1S/C13H18BrNO/c1-9-5-4-7-11(13(9)14)15-10-6-2-3-8-12(10)16/h4-5,7,10,12,15-16H,2-3,6,8H2,1H3/t10-,12-/m0/s1. The van der Waals surface area contributed by atoms with E-state index in [1.165, 1.54) is 12.0 Å². The summed E-state index contributed by atoms with van der Waals surface area (Å²) in [5.74, 6) is 0. The first kappa shape index (κ1) is 11.9. The lowest BCUT2D eigenvalue weighted by molar-refractivity contribution is 0.116. The van der Waals surface area contributed by atoms with E-state index >= 15 is 0 Å². The van der Waals surface area contributed by atoms with Crippen LogP contribution in [-0.4, -0.2) is 17.3 Å². The van der Waals surface area contributed by atoms with Gasteiger partial charge in [0.25, 0.3) is 0 Å². The molecule has 1 aliphatic carbocycles. The number of aliphatic hydroxyl groups is 1. The average Bonchev–Trinajstić information content (AvgIpc) is 2.28. The van der Waals surface area contributed by atoms with Crippen LogP contribution in [0.1, 0.15) is 31.2 Å². The molecule has 0 unspecified atom stereocenters. The number of aryl methyl sites for hydroxylation is 1. The van der Waals surface area contributed by atoms with Crippen molar-refractivity contribution in [1.82, 2.24) is 0 Å². The minimum atomic E-state index is -0.207. The van der Waals surface area contributed by atoms with Crippen LogP contribution in [0.15, 0.2) is 22.7 Å². The highest BCUT2D eigenvalue weighted by molar-refractivity contribution is 9.10. The molecule has 1 fully saturated rings. The van der Waals surface area contributed by atoms with Gasteiger partial charge in [-0.05, 0) is 47.3 Å². The predicted molar refractivity (Wildman–Crippen MR) is 70.8 cm³/mol. The molecule has 1 saturated carbocycles. The summed E-state index contributed by atoms with van der Waals surface area (Å²) in [5.41, 5.74) is 2.31. The van der Waals surface area contributed by atoms with Gasteiger partial charge < -0.3 is 10.4 Å². The maximum absolute atomic E-state index is 9.91. The molecular formula is C13H18BrNO. The maximum Gasteiger partial charge on any atom is 0.0741 e. The summed E-state index contributed by atoms with van der Waals surface area (Å²) >= 11 is 3.58.